The molecule has 24 heavy (non-hydrogen) atoms. The number of nitrogens with two attached hydrogens (primary N) is 1. The molecule has 1 unspecified atom stereocenters. The lowest BCUT2D eigenvalue weighted by Gasteiger charge is -2.31. The van der Waals surface area contributed by atoms with Gasteiger partial charge in [0.2, 0.25) is 0 Å². The van der Waals surface area contributed by atoms with Gasteiger partial charge in [-0.05, 0) is 42.5 Å². The van der Waals surface area contributed by atoms with E-state index in [0.29, 0.717) is 5.56 Å². The lowest BCUT2D eigenvalue weighted by Crippen LogP contribution is -2.43. The van der Waals surface area contributed by atoms with Gasteiger partial charge in [0, 0.05) is 12.6 Å². The Morgan fingerprint density at radius 3 is 2.50 bits per heavy atom. The van der Waals surface area contributed by atoms with Crippen LogP contribution in [0.15, 0.2) is 48.5 Å². The number of nitriles is 1. The number of hydrogen-bond donors (Lipinski definition) is 1. The van der Waals surface area contributed by atoms with Crippen LogP contribution in [0.5, 0.6) is 5.75 Å². The van der Waals surface area contributed by atoms with Gasteiger partial charge in [-0.25, -0.2) is 4.39 Å². The van der Waals surface area contributed by atoms with Gasteiger partial charge >= 0.3 is 0 Å². The van der Waals surface area contributed by atoms with Crippen LogP contribution in [-0.2, 0) is 0 Å². The van der Waals surface area contributed by atoms with E-state index in [1.807, 2.05) is 53.5 Å². The van der Waals surface area contributed by atoms with E-state index in [4.69, 9.17) is 15.7 Å². The maximum absolute atomic E-state index is 14.0. The van der Waals surface area contributed by atoms with Crippen LogP contribution in [0, 0.1) is 17.1 Å². The average molecular weight is 324 g/mol. The van der Waals surface area contributed by atoms with Gasteiger partial charge in [0.1, 0.15) is 17.6 Å². The van der Waals surface area contributed by atoms with Crippen LogP contribution in [0.1, 0.15) is 11.1 Å². The first-order valence-electron chi connectivity index (χ1n) is 7.39. The second kappa shape index (κ2) is 6.32. The number of halogens is 1. The summed E-state index contributed by atoms with van der Waals surface area (Å²) in [4.78, 5) is 0. The number of likely N-dealkylation sites (N-methyl/N-ethyl adjacent to an activating group) is 1. The topological polar surface area (TPSA) is 65.5 Å². The van der Waals surface area contributed by atoms with Crippen molar-refractivity contribution >= 4 is 11.4 Å². The molecule has 0 aliphatic carbocycles. The van der Waals surface area contributed by atoms with E-state index in [-0.39, 0.29) is 11.7 Å². The molecule has 2 aromatic rings. The molecule has 0 saturated heterocycles. The monoisotopic (exact) mass is 324 g/mol. The van der Waals surface area contributed by atoms with Gasteiger partial charge in [-0.1, -0.05) is 6.07 Å². The lowest BCUT2D eigenvalue weighted by molar-refractivity contribution is 0.314. The Balaban J connectivity index is 2.02. The first-order chi connectivity index (χ1) is 11.5. The maximum Gasteiger partial charge on any atom is 0.141 e. The molecule has 1 heterocycles. The number of rotatable bonds is 3. The highest BCUT2D eigenvalue weighted by Crippen LogP contribution is 2.34. The molecule has 0 saturated carbocycles. The van der Waals surface area contributed by atoms with E-state index in [9.17, 15) is 4.39 Å². The van der Waals surface area contributed by atoms with Crippen LogP contribution < -0.4 is 15.5 Å². The van der Waals surface area contributed by atoms with Gasteiger partial charge in [0.05, 0.1) is 30.2 Å². The van der Waals surface area contributed by atoms with Gasteiger partial charge in [-0.3, -0.25) is 5.01 Å². The molecular weight excluding hydrogens is 307 g/mol. The number of methoxy groups -OCH3 is 1. The molecule has 1 aliphatic rings. The molecule has 0 radical (unpaired) electrons. The Kier molecular flexibility index (Phi) is 4.21. The Hall–Kier alpha value is -2.88. The van der Waals surface area contributed by atoms with Crippen molar-refractivity contribution < 1.29 is 9.13 Å². The number of ether oxygens (including phenoxy) is 1. The molecule has 0 bridgehead atoms. The summed E-state index contributed by atoms with van der Waals surface area (Å²) in [6, 6.07) is 13.9. The van der Waals surface area contributed by atoms with E-state index in [1.54, 1.807) is 13.2 Å². The second-order valence-corrected chi connectivity index (χ2v) is 5.43. The van der Waals surface area contributed by atoms with Crippen molar-refractivity contribution in [3.05, 3.63) is 65.5 Å². The van der Waals surface area contributed by atoms with Gasteiger partial charge in [0.25, 0.3) is 0 Å². The summed E-state index contributed by atoms with van der Waals surface area (Å²) in [6.07, 6.45) is 1.52. The fraction of sp³-hybridized carbons (Fsp3) is 0.167. The van der Waals surface area contributed by atoms with E-state index < -0.39 is 5.82 Å². The van der Waals surface area contributed by atoms with Crippen LogP contribution in [0.3, 0.4) is 0 Å². The third kappa shape index (κ3) is 2.71. The zero-order valence-corrected chi connectivity index (χ0v) is 13.4. The fourth-order valence-electron chi connectivity index (χ4n) is 2.67. The van der Waals surface area contributed by atoms with Gasteiger partial charge in [0.15, 0.2) is 0 Å². The molecule has 2 N–H and O–H groups in total. The molecule has 6 heteroatoms. The Labute approximate surface area is 139 Å². The summed E-state index contributed by atoms with van der Waals surface area (Å²) in [7, 11) is 3.47. The molecule has 0 amide bonds. The second-order valence-electron chi connectivity index (χ2n) is 5.43. The third-order valence-electron chi connectivity index (χ3n) is 4.01. The zero-order valence-electron chi connectivity index (χ0n) is 13.4. The molecule has 3 rings (SSSR count). The largest absolute Gasteiger partial charge is 0.497 e. The van der Waals surface area contributed by atoms with Crippen molar-refractivity contribution in [3.8, 4) is 11.8 Å². The van der Waals surface area contributed by atoms with Crippen LogP contribution in [0.25, 0.3) is 5.70 Å². The van der Waals surface area contributed by atoms with Crippen molar-refractivity contribution in [3.63, 3.8) is 0 Å². The first kappa shape index (κ1) is 16.0. The number of nitrogens with zero attached hydrogens (tertiary/aromatic N) is 3. The lowest BCUT2D eigenvalue weighted by atomic mass is 10.1. The summed E-state index contributed by atoms with van der Waals surface area (Å²) >= 11 is 0. The third-order valence-corrected chi connectivity index (χ3v) is 4.01. The van der Waals surface area contributed by atoms with Crippen LogP contribution in [0.4, 0.5) is 10.1 Å². The van der Waals surface area contributed by atoms with Crippen molar-refractivity contribution in [2.24, 2.45) is 5.73 Å². The van der Waals surface area contributed by atoms with Gasteiger partial charge in [-0.15, -0.1) is 0 Å². The Morgan fingerprint density at radius 2 is 1.92 bits per heavy atom. The zero-order chi connectivity index (χ0) is 17.3. The minimum absolute atomic E-state index is 0.0194. The Bertz CT molecular complexity index is 826. The maximum atomic E-state index is 14.0. The number of anilines is 1. The van der Waals surface area contributed by atoms with E-state index in [1.165, 1.54) is 12.1 Å². The van der Waals surface area contributed by atoms with Gasteiger partial charge < -0.3 is 10.5 Å². The highest BCUT2D eigenvalue weighted by Gasteiger charge is 2.29. The van der Waals surface area contributed by atoms with Crippen molar-refractivity contribution in [2.75, 3.05) is 19.2 Å². The molecule has 0 spiro atoms. The minimum Gasteiger partial charge on any atom is -0.497 e. The average Bonchev–Trinajstić information content (AvgIpc) is 2.90. The summed E-state index contributed by atoms with van der Waals surface area (Å²) in [5.41, 5.74) is 8.43. The summed E-state index contributed by atoms with van der Waals surface area (Å²) in [5, 5.41) is 12.6. The smallest absolute Gasteiger partial charge is 0.141 e. The number of benzene rings is 2. The molecule has 122 valence electrons. The van der Waals surface area contributed by atoms with Crippen LogP contribution in [-0.4, -0.2) is 25.3 Å². The molecular formula is C18H17FN4O. The minimum atomic E-state index is -0.547. The highest BCUT2D eigenvalue weighted by atomic mass is 19.1. The molecule has 2 aromatic carbocycles. The number of hydrogen-bond acceptors (Lipinski definition) is 5. The van der Waals surface area contributed by atoms with E-state index >= 15 is 0 Å². The van der Waals surface area contributed by atoms with Crippen molar-refractivity contribution in [1.29, 1.82) is 5.26 Å². The van der Waals surface area contributed by atoms with Crippen molar-refractivity contribution in [1.82, 2.24) is 5.01 Å². The predicted molar refractivity (Wildman–Crippen MR) is 90.3 cm³/mol. The predicted octanol–water partition coefficient (Wildman–Crippen LogP) is 2.70. The molecule has 0 fully saturated rings. The first-order valence-corrected chi connectivity index (χ1v) is 7.39. The summed E-state index contributed by atoms with van der Waals surface area (Å²) in [6.45, 7) is 0. The molecule has 5 nitrogen and oxygen atoms in total. The van der Waals surface area contributed by atoms with Gasteiger partial charge in [-0.2, -0.15) is 10.3 Å². The van der Waals surface area contributed by atoms with Crippen LogP contribution >= 0.6 is 0 Å². The van der Waals surface area contributed by atoms with Crippen molar-refractivity contribution in [2.45, 2.75) is 6.17 Å². The highest BCUT2D eigenvalue weighted by molar-refractivity contribution is 5.81. The van der Waals surface area contributed by atoms with Crippen LogP contribution in [0.2, 0.25) is 0 Å². The fourth-order valence-corrected chi connectivity index (χ4v) is 2.67. The number of hydrazine groups is 1. The molecule has 0 aromatic heterocycles. The van der Waals surface area contributed by atoms with E-state index in [0.717, 1.165) is 17.1 Å². The molecule has 1 aliphatic heterocycles. The Morgan fingerprint density at radius 1 is 1.21 bits per heavy atom. The normalized spacial score (nSPS) is 17.5. The summed E-state index contributed by atoms with van der Waals surface area (Å²) in [5.74, 6) is 0.202. The quantitative estimate of drug-likeness (QED) is 0.940. The van der Waals surface area contributed by atoms with E-state index in [2.05, 4.69) is 0 Å². The molecule has 1 atom stereocenters. The summed E-state index contributed by atoms with van der Waals surface area (Å²) < 4.78 is 19.2. The standard InChI is InChI=1S/C18H17FN4O/c1-22-18(21)10-17(12-3-4-13(11-20)16(19)9-12)23(22)14-5-7-15(24-2)8-6-14/h3-10,18H,21H2,1-2H3. The SMILES string of the molecule is COc1ccc(N2C(c3ccc(C#N)c(F)c3)=CC(N)N2C)cc1.